The van der Waals surface area contributed by atoms with Crippen molar-refractivity contribution in [2.45, 2.75) is 19.3 Å². The summed E-state index contributed by atoms with van der Waals surface area (Å²) >= 11 is 0. The molecule has 0 saturated heterocycles. The van der Waals surface area contributed by atoms with E-state index in [0.29, 0.717) is 0 Å². The van der Waals surface area contributed by atoms with Crippen LogP contribution in [0.2, 0.25) is 0 Å². The van der Waals surface area contributed by atoms with Gasteiger partial charge in [0, 0.05) is 27.6 Å². The highest BCUT2D eigenvalue weighted by Crippen LogP contribution is 2.57. The summed E-state index contributed by atoms with van der Waals surface area (Å²) in [7, 11) is 0. The molecule has 0 aliphatic heterocycles. The van der Waals surface area contributed by atoms with Crippen molar-refractivity contribution < 1.29 is 0 Å². The molecule has 0 heterocycles. The first kappa shape index (κ1) is 29.9. The lowest BCUT2D eigenvalue weighted by molar-refractivity contribution is 0.661. The second-order valence-electron chi connectivity index (χ2n) is 13.8. The first-order chi connectivity index (χ1) is 24.6. The minimum atomic E-state index is -0.146. The molecule has 0 N–H and O–H groups in total. The fraction of sp³-hybridized carbons (Fsp3) is 0.0612. The van der Waals surface area contributed by atoms with Crippen LogP contribution in [-0.2, 0) is 5.41 Å². The molecule has 0 aromatic heterocycles. The van der Waals surface area contributed by atoms with Crippen molar-refractivity contribution in [1.82, 2.24) is 0 Å². The first-order valence-corrected chi connectivity index (χ1v) is 17.4. The SMILES string of the molecule is CC1(C)c2ccccc2-c2c1cc1ccccc1c2N(c1ccc(-c2ccccc2)cc1)c1ccc(-c2ccccc2)cc1-c1ccccc1. The molecule has 9 rings (SSSR count). The molecule has 8 aromatic rings. The summed E-state index contributed by atoms with van der Waals surface area (Å²) in [4.78, 5) is 2.53. The number of nitrogens with zero attached hydrogens (tertiary/aromatic N) is 1. The fourth-order valence-electron chi connectivity index (χ4n) is 7.93. The standard InChI is InChI=1S/C49H37N/c1-49(2)44-25-15-14-24-42(44)47-45(49)33-39-22-12-13-23-41(39)48(47)50(40-29-26-36(27-30-40)34-16-6-3-7-17-34)46-31-28-38(35-18-8-4-9-19-35)32-43(46)37-20-10-5-11-21-37/h3-33H,1-2H3. The summed E-state index contributed by atoms with van der Waals surface area (Å²) in [6.45, 7) is 4.75. The molecule has 0 unspecified atom stereocenters. The predicted octanol–water partition coefficient (Wildman–Crippen LogP) is 13.6. The Morgan fingerprint density at radius 2 is 0.940 bits per heavy atom. The molecule has 238 valence electrons. The van der Waals surface area contributed by atoms with Gasteiger partial charge in [0.2, 0.25) is 0 Å². The Labute approximate surface area is 294 Å². The predicted molar refractivity (Wildman–Crippen MR) is 213 cm³/mol. The summed E-state index contributed by atoms with van der Waals surface area (Å²) in [6.07, 6.45) is 0. The van der Waals surface area contributed by atoms with Gasteiger partial charge in [0.15, 0.2) is 0 Å². The van der Waals surface area contributed by atoms with E-state index < -0.39 is 0 Å². The van der Waals surface area contributed by atoms with Crippen molar-refractivity contribution in [2.24, 2.45) is 0 Å². The number of rotatable bonds is 6. The Morgan fingerprint density at radius 3 is 1.64 bits per heavy atom. The molecule has 0 radical (unpaired) electrons. The smallest absolute Gasteiger partial charge is 0.0621 e. The summed E-state index contributed by atoms with van der Waals surface area (Å²) in [5.74, 6) is 0. The van der Waals surface area contributed by atoms with Crippen LogP contribution in [0.15, 0.2) is 188 Å². The molecule has 0 saturated carbocycles. The van der Waals surface area contributed by atoms with Gasteiger partial charge in [0.05, 0.1) is 11.4 Å². The van der Waals surface area contributed by atoms with Crippen molar-refractivity contribution in [3.05, 3.63) is 199 Å². The van der Waals surface area contributed by atoms with Crippen molar-refractivity contribution in [3.8, 4) is 44.5 Å². The first-order valence-electron chi connectivity index (χ1n) is 17.4. The number of fused-ring (bicyclic) bond motifs is 4. The quantitative estimate of drug-likeness (QED) is 0.175. The zero-order valence-electron chi connectivity index (χ0n) is 28.3. The number of benzene rings is 8. The molecule has 0 atom stereocenters. The van der Waals surface area contributed by atoms with E-state index in [0.717, 1.165) is 11.4 Å². The highest BCUT2D eigenvalue weighted by Gasteiger charge is 2.39. The Morgan fingerprint density at radius 1 is 0.400 bits per heavy atom. The molecule has 1 aliphatic rings. The van der Waals surface area contributed by atoms with Crippen molar-refractivity contribution in [1.29, 1.82) is 0 Å². The average Bonchev–Trinajstić information content (AvgIpc) is 3.41. The number of hydrogen-bond donors (Lipinski definition) is 0. The van der Waals surface area contributed by atoms with E-state index in [2.05, 4.69) is 207 Å². The van der Waals surface area contributed by atoms with E-state index in [4.69, 9.17) is 0 Å². The molecule has 1 nitrogen and oxygen atoms in total. The van der Waals surface area contributed by atoms with E-state index in [1.54, 1.807) is 0 Å². The van der Waals surface area contributed by atoms with Crippen LogP contribution in [0.5, 0.6) is 0 Å². The van der Waals surface area contributed by atoms with Gasteiger partial charge in [-0.3, -0.25) is 0 Å². The summed E-state index contributed by atoms with van der Waals surface area (Å²) in [5.41, 5.74) is 15.9. The molecule has 8 aromatic carbocycles. The summed E-state index contributed by atoms with van der Waals surface area (Å²) in [6, 6.07) is 68.6. The largest absolute Gasteiger partial charge is 0.309 e. The van der Waals surface area contributed by atoms with Gasteiger partial charge in [0.25, 0.3) is 0 Å². The zero-order valence-corrected chi connectivity index (χ0v) is 28.3. The minimum Gasteiger partial charge on any atom is -0.309 e. The summed E-state index contributed by atoms with van der Waals surface area (Å²) in [5, 5.41) is 2.48. The van der Waals surface area contributed by atoms with Gasteiger partial charge in [-0.25, -0.2) is 0 Å². The monoisotopic (exact) mass is 639 g/mol. The maximum absolute atomic E-state index is 2.53. The minimum absolute atomic E-state index is 0.146. The second kappa shape index (κ2) is 12.1. The fourth-order valence-corrected chi connectivity index (χ4v) is 7.93. The molecular formula is C49H37N. The maximum Gasteiger partial charge on any atom is 0.0621 e. The van der Waals surface area contributed by atoms with Gasteiger partial charge in [0.1, 0.15) is 0 Å². The van der Waals surface area contributed by atoms with Crippen molar-refractivity contribution >= 4 is 27.8 Å². The van der Waals surface area contributed by atoms with E-state index in [1.165, 1.54) is 72.1 Å². The van der Waals surface area contributed by atoms with Crippen LogP contribution in [0.25, 0.3) is 55.3 Å². The highest BCUT2D eigenvalue weighted by atomic mass is 15.1. The molecule has 0 amide bonds. The summed E-state index contributed by atoms with van der Waals surface area (Å²) < 4.78 is 0. The van der Waals surface area contributed by atoms with Gasteiger partial charge in [-0.2, -0.15) is 0 Å². The van der Waals surface area contributed by atoms with Gasteiger partial charge in [-0.1, -0.05) is 172 Å². The Balaban J connectivity index is 1.38. The Kier molecular flexibility index (Phi) is 7.21. The van der Waals surface area contributed by atoms with Crippen LogP contribution >= 0.6 is 0 Å². The molecule has 1 aliphatic carbocycles. The van der Waals surface area contributed by atoms with E-state index in [9.17, 15) is 0 Å². The third kappa shape index (κ3) is 4.94. The lowest BCUT2D eigenvalue weighted by atomic mass is 9.81. The van der Waals surface area contributed by atoms with E-state index in [-0.39, 0.29) is 5.41 Å². The zero-order chi connectivity index (χ0) is 33.7. The van der Waals surface area contributed by atoms with Crippen LogP contribution in [-0.4, -0.2) is 0 Å². The molecule has 0 spiro atoms. The average molecular weight is 640 g/mol. The van der Waals surface area contributed by atoms with Gasteiger partial charge in [-0.05, 0) is 80.2 Å². The molecule has 0 bridgehead atoms. The van der Waals surface area contributed by atoms with Crippen LogP contribution in [0, 0.1) is 0 Å². The molecule has 0 fully saturated rings. The second-order valence-corrected chi connectivity index (χ2v) is 13.8. The van der Waals surface area contributed by atoms with Crippen LogP contribution in [0.3, 0.4) is 0 Å². The lowest BCUT2D eigenvalue weighted by Crippen LogP contribution is -2.17. The Bertz CT molecular complexity index is 2480. The molecule has 1 heteroatoms. The van der Waals surface area contributed by atoms with Gasteiger partial charge in [-0.15, -0.1) is 0 Å². The van der Waals surface area contributed by atoms with E-state index in [1.807, 2.05) is 0 Å². The topological polar surface area (TPSA) is 3.24 Å². The van der Waals surface area contributed by atoms with Gasteiger partial charge >= 0.3 is 0 Å². The maximum atomic E-state index is 2.53. The van der Waals surface area contributed by atoms with Crippen LogP contribution in [0.4, 0.5) is 17.1 Å². The van der Waals surface area contributed by atoms with Gasteiger partial charge < -0.3 is 4.90 Å². The van der Waals surface area contributed by atoms with Crippen LogP contribution in [0.1, 0.15) is 25.0 Å². The molecular weight excluding hydrogens is 603 g/mol. The lowest BCUT2D eigenvalue weighted by Gasteiger charge is -2.32. The number of hydrogen-bond acceptors (Lipinski definition) is 1. The third-order valence-electron chi connectivity index (χ3n) is 10.5. The number of anilines is 3. The normalized spacial score (nSPS) is 12.8. The van der Waals surface area contributed by atoms with E-state index >= 15 is 0 Å². The van der Waals surface area contributed by atoms with Crippen LogP contribution < -0.4 is 4.90 Å². The highest BCUT2D eigenvalue weighted by molar-refractivity contribution is 6.11. The molecule has 50 heavy (non-hydrogen) atoms. The Hall–Kier alpha value is -6.18. The van der Waals surface area contributed by atoms with Crippen molar-refractivity contribution in [3.63, 3.8) is 0 Å². The third-order valence-corrected chi connectivity index (χ3v) is 10.5. The van der Waals surface area contributed by atoms with Crippen molar-refractivity contribution in [2.75, 3.05) is 4.90 Å².